The van der Waals surface area contributed by atoms with Crippen LogP contribution in [0.15, 0.2) is 10.7 Å². The predicted octanol–water partition coefficient (Wildman–Crippen LogP) is 1.76. The van der Waals surface area contributed by atoms with Crippen molar-refractivity contribution in [3.63, 3.8) is 0 Å². The molecule has 1 aliphatic rings. The maximum absolute atomic E-state index is 11.2. The monoisotopic (exact) mass is 341 g/mol. The molecule has 2 rings (SSSR count). The lowest BCUT2D eigenvalue weighted by molar-refractivity contribution is -0.122. The van der Waals surface area contributed by atoms with Gasteiger partial charge in [0.2, 0.25) is 11.9 Å². The van der Waals surface area contributed by atoms with Crippen molar-refractivity contribution in [2.24, 2.45) is 11.7 Å². The Morgan fingerprint density at radius 3 is 2.85 bits per heavy atom. The maximum Gasteiger partial charge on any atom is 0.224 e. The molecular weight excluding hydrogens is 322 g/mol. The van der Waals surface area contributed by atoms with Crippen LogP contribution in [0.25, 0.3) is 0 Å². The number of amides is 1. The number of nitrogens with one attached hydrogen (secondary N) is 1. The molecule has 1 aliphatic heterocycles. The maximum atomic E-state index is 11.2. The second-order valence-electron chi connectivity index (χ2n) is 4.96. The first kappa shape index (κ1) is 15.0. The largest absolute Gasteiger partial charge is 0.369 e. The number of carbonyl (C=O) groups is 1. The number of aromatic nitrogens is 2. The van der Waals surface area contributed by atoms with Crippen LogP contribution in [-0.2, 0) is 4.79 Å². The number of hydrogen-bond acceptors (Lipinski definition) is 5. The molecule has 1 aromatic rings. The van der Waals surface area contributed by atoms with Gasteiger partial charge in [0.15, 0.2) is 0 Å². The predicted molar refractivity (Wildman–Crippen MR) is 82.6 cm³/mol. The average Bonchev–Trinajstić information content (AvgIpc) is 2.46. The Balaban J connectivity index is 2.06. The van der Waals surface area contributed by atoms with Crippen LogP contribution >= 0.6 is 15.9 Å². The molecule has 0 bridgehead atoms. The minimum atomic E-state index is -0.197. The molecule has 7 heteroatoms. The molecule has 1 saturated heterocycles. The number of carbonyl (C=O) groups excluding carboxylic acids is 1. The van der Waals surface area contributed by atoms with E-state index in [0.29, 0.717) is 5.95 Å². The van der Waals surface area contributed by atoms with Crippen molar-refractivity contribution in [1.29, 1.82) is 0 Å². The molecule has 1 fully saturated rings. The van der Waals surface area contributed by atoms with E-state index in [2.05, 4.69) is 43.0 Å². The minimum absolute atomic E-state index is 0.00968. The van der Waals surface area contributed by atoms with Crippen molar-refractivity contribution < 1.29 is 4.79 Å². The highest BCUT2D eigenvalue weighted by Gasteiger charge is 2.25. The molecule has 0 radical (unpaired) electrons. The highest BCUT2D eigenvalue weighted by molar-refractivity contribution is 9.10. The zero-order chi connectivity index (χ0) is 14.5. The second kappa shape index (κ2) is 6.88. The summed E-state index contributed by atoms with van der Waals surface area (Å²) < 4.78 is 0.872. The first-order valence-corrected chi connectivity index (χ1v) is 7.71. The van der Waals surface area contributed by atoms with Crippen LogP contribution in [0.4, 0.5) is 11.8 Å². The summed E-state index contributed by atoms with van der Waals surface area (Å²) in [6, 6.07) is 0. The van der Waals surface area contributed by atoms with Gasteiger partial charge in [-0.15, -0.1) is 0 Å². The topological polar surface area (TPSA) is 84.1 Å². The molecule has 0 aliphatic carbocycles. The zero-order valence-electron chi connectivity index (χ0n) is 11.6. The van der Waals surface area contributed by atoms with E-state index in [1.165, 1.54) is 0 Å². The molecule has 1 amide bonds. The van der Waals surface area contributed by atoms with Gasteiger partial charge in [-0.2, -0.15) is 4.98 Å². The summed E-state index contributed by atoms with van der Waals surface area (Å²) in [7, 11) is 0. The third kappa shape index (κ3) is 3.59. The lowest BCUT2D eigenvalue weighted by Gasteiger charge is -2.32. The van der Waals surface area contributed by atoms with Gasteiger partial charge in [-0.05, 0) is 35.2 Å². The molecule has 6 nitrogen and oxygen atoms in total. The Labute approximate surface area is 127 Å². The van der Waals surface area contributed by atoms with E-state index in [9.17, 15) is 4.79 Å². The van der Waals surface area contributed by atoms with Crippen LogP contribution < -0.4 is 16.0 Å². The highest BCUT2D eigenvalue weighted by atomic mass is 79.9. The number of nitrogens with zero attached hydrogens (tertiary/aromatic N) is 3. The van der Waals surface area contributed by atoms with Crippen molar-refractivity contribution >= 4 is 33.6 Å². The second-order valence-corrected chi connectivity index (χ2v) is 5.81. The summed E-state index contributed by atoms with van der Waals surface area (Å²) in [6.45, 7) is 4.53. The van der Waals surface area contributed by atoms with Gasteiger partial charge in [-0.3, -0.25) is 4.79 Å². The SMILES string of the molecule is CCCNc1ncc(Br)c(N2CCC(C(N)=O)CC2)n1. The van der Waals surface area contributed by atoms with Crippen LogP contribution in [0.1, 0.15) is 26.2 Å². The van der Waals surface area contributed by atoms with Gasteiger partial charge in [0.25, 0.3) is 0 Å². The summed E-state index contributed by atoms with van der Waals surface area (Å²) in [5.41, 5.74) is 5.36. The van der Waals surface area contributed by atoms with Crippen LogP contribution in [0.5, 0.6) is 0 Å². The molecule has 0 aromatic carbocycles. The fourth-order valence-electron chi connectivity index (χ4n) is 2.28. The quantitative estimate of drug-likeness (QED) is 0.852. The molecule has 0 unspecified atom stereocenters. The van der Waals surface area contributed by atoms with Crippen molar-refractivity contribution in [2.45, 2.75) is 26.2 Å². The van der Waals surface area contributed by atoms with E-state index in [0.717, 1.165) is 49.2 Å². The molecule has 20 heavy (non-hydrogen) atoms. The van der Waals surface area contributed by atoms with Gasteiger partial charge in [0, 0.05) is 31.7 Å². The van der Waals surface area contributed by atoms with E-state index in [-0.39, 0.29) is 11.8 Å². The van der Waals surface area contributed by atoms with Gasteiger partial charge >= 0.3 is 0 Å². The van der Waals surface area contributed by atoms with Crippen molar-refractivity contribution in [1.82, 2.24) is 9.97 Å². The smallest absolute Gasteiger partial charge is 0.224 e. The molecule has 2 heterocycles. The molecule has 0 saturated carbocycles. The molecule has 1 aromatic heterocycles. The van der Waals surface area contributed by atoms with E-state index < -0.39 is 0 Å². The minimum Gasteiger partial charge on any atom is -0.369 e. The standard InChI is InChI=1S/C13H20BrN5O/c1-2-5-16-13-17-8-10(14)12(18-13)19-6-3-9(4-7-19)11(15)20/h8-9H,2-7H2,1H3,(H2,15,20)(H,16,17,18). The molecule has 110 valence electrons. The molecule has 3 N–H and O–H groups in total. The third-order valence-corrected chi connectivity index (χ3v) is 4.01. The Morgan fingerprint density at radius 2 is 2.25 bits per heavy atom. The summed E-state index contributed by atoms with van der Waals surface area (Å²) in [5, 5.41) is 3.18. The molecular formula is C13H20BrN5O. The van der Waals surface area contributed by atoms with Crippen LogP contribution in [0.2, 0.25) is 0 Å². The number of rotatable bonds is 5. The lowest BCUT2D eigenvalue weighted by Crippen LogP contribution is -2.39. The van der Waals surface area contributed by atoms with E-state index in [1.54, 1.807) is 6.20 Å². The highest BCUT2D eigenvalue weighted by Crippen LogP contribution is 2.28. The number of primary amides is 1. The van der Waals surface area contributed by atoms with Gasteiger partial charge < -0.3 is 16.0 Å². The van der Waals surface area contributed by atoms with E-state index in [4.69, 9.17) is 5.73 Å². The fourth-order valence-corrected chi connectivity index (χ4v) is 2.72. The Kier molecular flexibility index (Phi) is 5.17. The van der Waals surface area contributed by atoms with Gasteiger partial charge in [0.05, 0.1) is 4.47 Å². The number of halogens is 1. The average molecular weight is 342 g/mol. The van der Waals surface area contributed by atoms with Crippen molar-refractivity contribution in [3.8, 4) is 0 Å². The summed E-state index contributed by atoms with van der Waals surface area (Å²) in [4.78, 5) is 22.2. The van der Waals surface area contributed by atoms with Crippen LogP contribution in [-0.4, -0.2) is 35.5 Å². The Bertz CT molecular complexity index is 474. The third-order valence-electron chi connectivity index (χ3n) is 3.46. The number of nitrogens with two attached hydrogens (primary N) is 1. The van der Waals surface area contributed by atoms with Crippen LogP contribution in [0, 0.1) is 5.92 Å². The number of anilines is 2. The molecule has 0 spiro atoms. The number of hydrogen-bond donors (Lipinski definition) is 2. The first-order chi connectivity index (χ1) is 9.61. The fraction of sp³-hybridized carbons (Fsp3) is 0.615. The Hall–Kier alpha value is -1.37. The lowest BCUT2D eigenvalue weighted by atomic mass is 9.96. The van der Waals surface area contributed by atoms with E-state index in [1.807, 2.05) is 0 Å². The first-order valence-electron chi connectivity index (χ1n) is 6.92. The number of piperidine rings is 1. The van der Waals surface area contributed by atoms with Gasteiger partial charge in [-0.25, -0.2) is 4.98 Å². The van der Waals surface area contributed by atoms with Gasteiger partial charge in [0.1, 0.15) is 5.82 Å². The summed E-state index contributed by atoms with van der Waals surface area (Å²) in [5.74, 6) is 1.31. The van der Waals surface area contributed by atoms with E-state index >= 15 is 0 Å². The Morgan fingerprint density at radius 1 is 1.55 bits per heavy atom. The van der Waals surface area contributed by atoms with Gasteiger partial charge in [-0.1, -0.05) is 6.92 Å². The summed E-state index contributed by atoms with van der Waals surface area (Å²) >= 11 is 3.49. The van der Waals surface area contributed by atoms with Crippen molar-refractivity contribution in [2.75, 3.05) is 29.9 Å². The molecule has 0 atom stereocenters. The summed E-state index contributed by atoms with van der Waals surface area (Å²) in [6.07, 6.45) is 4.35. The van der Waals surface area contributed by atoms with Crippen LogP contribution in [0.3, 0.4) is 0 Å². The zero-order valence-corrected chi connectivity index (χ0v) is 13.2. The normalized spacial score (nSPS) is 16.2. The van der Waals surface area contributed by atoms with Crippen molar-refractivity contribution in [3.05, 3.63) is 10.7 Å².